The van der Waals surface area contributed by atoms with E-state index in [1.54, 1.807) is 17.4 Å². The molecular weight excluding hydrogens is 259 g/mol. The molecular formula is C15H19FN2S. The monoisotopic (exact) mass is 278 g/mol. The number of rotatable bonds is 4. The Bertz CT molecular complexity index is 558. The number of benzene rings is 1. The van der Waals surface area contributed by atoms with E-state index in [0.29, 0.717) is 5.56 Å². The zero-order valence-electron chi connectivity index (χ0n) is 11.7. The summed E-state index contributed by atoms with van der Waals surface area (Å²) in [6.45, 7) is 8.81. The summed E-state index contributed by atoms with van der Waals surface area (Å²) in [6, 6.07) is 5.05. The van der Waals surface area contributed by atoms with Crippen molar-refractivity contribution in [3.05, 3.63) is 50.7 Å². The first-order valence-corrected chi connectivity index (χ1v) is 7.28. The third kappa shape index (κ3) is 3.01. The maximum Gasteiger partial charge on any atom is 0.128 e. The van der Waals surface area contributed by atoms with Crippen molar-refractivity contribution in [1.82, 2.24) is 10.3 Å². The van der Waals surface area contributed by atoms with E-state index in [9.17, 15) is 4.39 Å². The largest absolute Gasteiger partial charge is 0.304 e. The average molecular weight is 278 g/mol. The van der Waals surface area contributed by atoms with E-state index in [2.05, 4.69) is 10.3 Å². The van der Waals surface area contributed by atoms with E-state index in [1.165, 1.54) is 10.9 Å². The molecule has 102 valence electrons. The van der Waals surface area contributed by atoms with Crippen molar-refractivity contribution < 1.29 is 4.39 Å². The van der Waals surface area contributed by atoms with Gasteiger partial charge in [-0.15, -0.1) is 11.3 Å². The molecule has 19 heavy (non-hydrogen) atoms. The van der Waals surface area contributed by atoms with E-state index < -0.39 is 0 Å². The Kier molecular flexibility index (Phi) is 4.32. The first kappa shape index (κ1) is 14.2. The van der Waals surface area contributed by atoms with Gasteiger partial charge in [-0.3, -0.25) is 0 Å². The molecule has 0 spiro atoms. The van der Waals surface area contributed by atoms with Crippen LogP contribution in [0.15, 0.2) is 18.2 Å². The Hall–Kier alpha value is -1.26. The fourth-order valence-electron chi connectivity index (χ4n) is 2.04. The van der Waals surface area contributed by atoms with Crippen LogP contribution in [0, 0.1) is 26.6 Å². The van der Waals surface area contributed by atoms with Gasteiger partial charge in [-0.25, -0.2) is 9.37 Å². The molecule has 0 aliphatic rings. The molecule has 1 N–H and O–H groups in total. The number of halogens is 1. The molecule has 0 bridgehead atoms. The van der Waals surface area contributed by atoms with E-state index in [0.717, 1.165) is 22.8 Å². The Labute approximate surface area is 117 Å². The number of aromatic nitrogens is 1. The van der Waals surface area contributed by atoms with Crippen molar-refractivity contribution in [2.45, 2.75) is 33.7 Å². The molecule has 1 unspecified atom stereocenters. The van der Waals surface area contributed by atoms with Crippen molar-refractivity contribution in [3.63, 3.8) is 0 Å². The van der Waals surface area contributed by atoms with Crippen LogP contribution >= 0.6 is 11.3 Å². The summed E-state index contributed by atoms with van der Waals surface area (Å²) in [7, 11) is 0. The highest BCUT2D eigenvalue weighted by atomic mass is 32.1. The van der Waals surface area contributed by atoms with Crippen molar-refractivity contribution in [2.24, 2.45) is 0 Å². The number of hydrogen-bond donors (Lipinski definition) is 1. The van der Waals surface area contributed by atoms with Crippen LogP contribution in [0.5, 0.6) is 0 Å². The number of thiazole rings is 1. The Balaban J connectivity index is 2.47. The van der Waals surface area contributed by atoms with E-state index >= 15 is 0 Å². The molecule has 2 rings (SSSR count). The van der Waals surface area contributed by atoms with Crippen LogP contribution in [-0.4, -0.2) is 11.5 Å². The number of aryl methyl sites for hydroxylation is 3. The van der Waals surface area contributed by atoms with Gasteiger partial charge in [0.1, 0.15) is 10.8 Å². The summed E-state index contributed by atoms with van der Waals surface area (Å²) in [5.74, 6) is -0.179. The molecule has 0 saturated heterocycles. The quantitative estimate of drug-likeness (QED) is 0.917. The summed E-state index contributed by atoms with van der Waals surface area (Å²) in [5, 5.41) is 4.26. The van der Waals surface area contributed by atoms with Gasteiger partial charge in [0, 0.05) is 10.4 Å². The number of nitrogens with zero attached hydrogens (tertiary/aromatic N) is 1. The lowest BCUT2D eigenvalue weighted by Gasteiger charge is -2.17. The summed E-state index contributed by atoms with van der Waals surface area (Å²) in [6.07, 6.45) is 0. The van der Waals surface area contributed by atoms with E-state index in [1.807, 2.05) is 33.8 Å². The Morgan fingerprint density at radius 2 is 2.05 bits per heavy atom. The second-order valence-corrected chi connectivity index (χ2v) is 5.94. The molecule has 1 aromatic carbocycles. The molecule has 1 atom stereocenters. The van der Waals surface area contributed by atoms with Crippen molar-refractivity contribution in [3.8, 4) is 0 Å². The Morgan fingerprint density at radius 1 is 1.32 bits per heavy atom. The summed E-state index contributed by atoms with van der Waals surface area (Å²) in [4.78, 5) is 5.75. The molecule has 1 aromatic heterocycles. The lowest BCUT2D eigenvalue weighted by atomic mass is 10.0. The molecule has 1 heterocycles. The third-order valence-corrected chi connectivity index (χ3v) is 4.30. The lowest BCUT2D eigenvalue weighted by Crippen LogP contribution is -2.23. The maximum atomic E-state index is 14.1. The molecule has 0 saturated carbocycles. The van der Waals surface area contributed by atoms with Crippen molar-refractivity contribution in [1.29, 1.82) is 0 Å². The summed E-state index contributed by atoms with van der Waals surface area (Å²) in [5.41, 5.74) is 2.76. The van der Waals surface area contributed by atoms with Crippen LogP contribution < -0.4 is 5.32 Å². The van der Waals surface area contributed by atoms with Gasteiger partial charge in [-0.05, 0) is 33.4 Å². The second-order valence-electron chi connectivity index (χ2n) is 4.71. The fourth-order valence-corrected chi connectivity index (χ4v) is 3.06. The second kappa shape index (κ2) is 5.80. The van der Waals surface area contributed by atoms with Crippen LogP contribution in [0.2, 0.25) is 0 Å². The van der Waals surface area contributed by atoms with Gasteiger partial charge in [-0.2, -0.15) is 0 Å². The van der Waals surface area contributed by atoms with Gasteiger partial charge in [0.2, 0.25) is 0 Å². The standard InChI is InChI=1S/C15H19FN2S/c1-5-17-14(15-18-10(3)11(4)19-15)12-8-9(2)6-7-13(12)16/h6-8,14,17H,5H2,1-4H3. The molecule has 0 amide bonds. The van der Waals surface area contributed by atoms with Gasteiger partial charge in [-0.1, -0.05) is 24.6 Å². The average Bonchev–Trinajstić information content (AvgIpc) is 2.70. The smallest absolute Gasteiger partial charge is 0.128 e. The predicted molar refractivity (Wildman–Crippen MR) is 78.2 cm³/mol. The SMILES string of the molecule is CCNC(c1nc(C)c(C)s1)c1cc(C)ccc1F. The molecule has 0 fully saturated rings. The number of hydrogen-bond acceptors (Lipinski definition) is 3. The van der Waals surface area contributed by atoms with Crippen LogP contribution in [0.25, 0.3) is 0 Å². The van der Waals surface area contributed by atoms with E-state index in [4.69, 9.17) is 0 Å². The minimum Gasteiger partial charge on any atom is -0.304 e. The summed E-state index contributed by atoms with van der Waals surface area (Å²) < 4.78 is 14.1. The molecule has 0 radical (unpaired) electrons. The van der Waals surface area contributed by atoms with Gasteiger partial charge >= 0.3 is 0 Å². The van der Waals surface area contributed by atoms with Gasteiger partial charge in [0.25, 0.3) is 0 Å². The Morgan fingerprint density at radius 3 is 2.63 bits per heavy atom. The normalized spacial score (nSPS) is 12.7. The highest BCUT2D eigenvalue weighted by Gasteiger charge is 2.21. The van der Waals surface area contributed by atoms with Crippen LogP contribution in [0.3, 0.4) is 0 Å². The van der Waals surface area contributed by atoms with Crippen molar-refractivity contribution >= 4 is 11.3 Å². The maximum absolute atomic E-state index is 14.1. The molecule has 0 aliphatic carbocycles. The molecule has 4 heteroatoms. The minimum atomic E-state index is -0.179. The first-order chi connectivity index (χ1) is 9.02. The molecule has 0 aliphatic heterocycles. The fraction of sp³-hybridized carbons (Fsp3) is 0.400. The first-order valence-electron chi connectivity index (χ1n) is 6.46. The summed E-state index contributed by atoms with van der Waals surface area (Å²) >= 11 is 1.63. The third-order valence-electron chi connectivity index (χ3n) is 3.16. The van der Waals surface area contributed by atoms with Crippen LogP contribution in [-0.2, 0) is 0 Å². The highest BCUT2D eigenvalue weighted by molar-refractivity contribution is 7.11. The van der Waals surface area contributed by atoms with E-state index in [-0.39, 0.29) is 11.9 Å². The predicted octanol–water partition coefficient (Wildman–Crippen LogP) is 3.91. The molecule has 2 nitrogen and oxygen atoms in total. The highest BCUT2D eigenvalue weighted by Crippen LogP contribution is 2.29. The lowest BCUT2D eigenvalue weighted by molar-refractivity contribution is 0.556. The minimum absolute atomic E-state index is 0.165. The van der Waals surface area contributed by atoms with Crippen molar-refractivity contribution in [2.75, 3.05) is 6.54 Å². The topological polar surface area (TPSA) is 24.9 Å². The zero-order valence-corrected chi connectivity index (χ0v) is 12.6. The van der Waals surface area contributed by atoms with Gasteiger partial charge < -0.3 is 5.32 Å². The number of nitrogens with one attached hydrogen (secondary N) is 1. The van der Waals surface area contributed by atoms with Gasteiger partial charge in [0.15, 0.2) is 0 Å². The van der Waals surface area contributed by atoms with Gasteiger partial charge in [0.05, 0.1) is 11.7 Å². The van der Waals surface area contributed by atoms with Crippen LogP contribution in [0.1, 0.15) is 39.7 Å². The zero-order chi connectivity index (χ0) is 14.0. The molecule has 2 aromatic rings. The van der Waals surface area contributed by atoms with Crippen LogP contribution in [0.4, 0.5) is 4.39 Å².